The highest BCUT2D eigenvalue weighted by Crippen LogP contribution is 2.20. The van der Waals surface area contributed by atoms with Crippen LogP contribution < -0.4 is 10.6 Å². The maximum Gasteiger partial charge on any atom is 0.257 e. The fourth-order valence-electron chi connectivity index (χ4n) is 3.25. The van der Waals surface area contributed by atoms with E-state index in [9.17, 15) is 9.59 Å². The Morgan fingerprint density at radius 3 is 2.23 bits per heavy atom. The second-order valence-corrected chi connectivity index (χ2v) is 6.76. The molecule has 0 spiro atoms. The number of carbonyl (C=O) groups excluding carboxylic acids is 2. The van der Waals surface area contributed by atoms with Gasteiger partial charge in [-0.05, 0) is 46.7 Å². The predicted octanol–water partition coefficient (Wildman–Crippen LogP) is 5.74. The van der Waals surface area contributed by atoms with Crippen LogP contribution in [0.1, 0.15) is 15.9 Å². The number of nitrogens with one attached hydrogen (secondary N) is 2. The van der Waals surface area contributed by atoms with Crippen molar-refractivity contribution in [2.75, 3.05) is 10.6 Å². The summed E-state index contributed by atoms with van der Waals surface area (Å²) in [6.07, 6.45) is 3.26. The van der Waals surface area contributed by atoms with Crippen LogP contribution in [0.4, 0.5) is 11.4 Å². The maximum absolute atomic E-state index is 12.7. The van der Waals surface area contributed by atoms with Gasteiger partial charge in [0.15, 0.2) is 0 Å². The van der Waals surface area contributed by atoms with Crippen molar-refractivity contribution in [3.05, 3.63) is 114 Å². The molecule has 0 aliphatic rings. The second-order valence-electron chi connectivity index (χ2n) is 6.76. The number of fused-ring (bicyclic) bond motifs is 1. The van der Waals surface area contributed by atoms with Crippen molar-refractivity contribution in [3.63, 3.8) is 0 Å². The van der Waals surface area contributed by atoms with Gasteiger partial charge in [-0.15, -0.1) is 0 Å². The summed E-state index contributed by atoms with van der Waals surface area (Å²) in [6.45, 7) is 0. The summed E-state index contributed by atoms with van der Waals surface area (Å²) in [7, 11) is 0. The molecule has 0 fully saturated rings. The van der Waals surface area contributed by atoms with E-state index in [-0.39, 0.29) is 11.8 Å². The first-order valence-corrected chi connectivity index (χ1v) is 9.63. The molecule has 0 radical (unpaired) electrons. The van der Waals surface area contributed by atoms with E-state index in [1.807, 2.05) is 72.8 Å². The molecule has 30 heavy (non-hydrogen) atoms. The number of hydrogen-bond acceptors (Lipinski definition) is 2. The Kier molecular flexibility index (Phi) is 5.67. The summed E-state index contributed by atoms with van der Waals surface area (Å²) < 4.78 is 0. The third-order valence-electron chi connectivity index (χ3n) is 4.70. The molecule has 0 unspecified atom stereocenters. The summed E-state index contributed by atoms with van der Waals surface area (Å²) in [4.78, 5) is 25.2. The first kappa shape index (κ1) is 19.2. The minimum atomic E-state index is -0.303. The molecule has 4 aromatic rings. The molecular formula is C26H20N2O2. The number of amides is 2. The standard InChI is InChI=1S/C26H20N2O2/c29-25(18-17-20-11-8-10-19-9-4-5-14-22(19)20)28-24-16-7-6-15-23(24)26(30)27-21-12-2-1-3-13-21/h1-18H,(H,27,30)(H,28,29). The van der Waals surface area contributed by atoms with E-state index in [0.717, 1.165) is 16.3 Å². The van der Waals surface area contributed by atoms with Gasteiger partial charge < -0.3 is 10.6 Å². The Morgan fingerprint density at radius 1 is 0.667 bits per heavy atom. The van der Waals surface area contributed by atoms with Crippen LogP contribution in [-0.4, -0.2) is 11.8 Å². The van der Waals surface area contributed by atoms with Gasteiger partial charge in [0.05, 0.1) is 11.3 Å². The van der Waals surface area contributed by atoms with Gasteiger partial charge in [-0.2, -0.15) is 0 Å². The largest absolute Gasteiger partial charge is 0.322 e. The van der Waals surface area contributed by atoms with Gasteiger partial charge >= 0.3 is 0 Å². The summed E-state index contributed by atoms with van der Waals surface area (Å²) >= 11 is 0. The topological polar surface area (TPSA) is 58.2 Å². The van der Waals surface area contributed by atoms with Crippen molar-refractivity contribution in [1.29, 1.82) is 0 Å². The van der Waals surface area contributed by atoms with Gasteiger partial charge in [0.1, 0.15) is 0 Å². The number of benzene rings is 4. The molecule has 0 aliphatic heterocycles. The maximum atomic E-state index is 12.7. The monoisotopic (exact) mass is 392 g/mol. The van der Waals surface area contributed by atoms with Crippen LogP contribution in [0.3, 0.4) is 0 Å². The minimum absolute atomic E-state index is 0.282. The summed E-state index contributed by atoms with van der Waals surface area (Å²) in [6, 6.07) is 30.1. The predicted molar refractivity (Wildman–Crippen MR) is 122 cm³/mol. The van der Waals surface area contributed by atoms with Crippen LogP contribution in [0.15, 0.2) is 103 Å². The van der Waals surface area contributed by atoms with Gasteiger partial charge in [0, 0.05) is 11.8 Å². The fourth-order valence-corrected chi connectivity index (χ4v) is 3.25. The first-order valence-electron chi connectivity index (χ1n) is 9.63. The van der Waals surface area contributed by atoms with Crippen LogP contribution in [-0.2, 0) is 4.79 Å². The number of carbonyl (C=O) groups is 2. The Hall–Kier alpha value is -4.18. The third kappa shape index (κ3) is 4.45. The molecule has 4 heteroatoms. The molecule has 0 heterocycles. The quantitative estimate of drug-likeness (QED) is 0.425. The number of para-hydroxylation sites is 2. The minimum Gasteiger partial charge on any atom is -0.322 e. The van der Waals surface area contributed by atoms with Gasteiger partial charge in [-0.25, -0.2) is 0 Å². The molecule has 2 N–H and O–H groups in total. The highest BCUT2D eigenvalue weighted by Gasteiger charge is 2.12. The molecule has 4 nitrogen and oxygen atoms in total. The average Bonchev–Trinajstić information content (AvgIpc) is 2.78. The Bertz CT molecular complexity index is 1220. The van der Waals surface area contributed by atoms with E-state index in [2.05, 4.69) is 10.6 Å². The lowest BCUT2D eigenvalue weighted by Crippen LogP contribution is -2.16. The van der Waals surface area contributed by atoms with Crippen LogP contribution in [0.5, 0.6) is 0 Å². The zero-order valence-electron chi connectivity index (χ0n) is 16.2. The first-order chi connectivity index (χ1) is 14.7. The average molecular weight is 392 g/mol. The normalized spacial score (nSPS) is 10.8. The van der Waals surface area contributed by atoms with Crippen molar-refractivity contribution in [1.82, 2.24) is 0 Å². The molecule has 4 rings (SSSR count). The van der Waals surface area contributed by atoms with Gasteiger partial charge in [0.25, 0.3) is 5.91 Å². The van der Waals surface area contributed by atoms with E-state index in [1.165, 1.54) is 6.08 Å². The molecule has 2 amide bonds. The highest BCUT2D eigenvalue weighted by atomic mass is 16.2. The molecule has 0 aliphatic carbocycles. The van der Waals surface area contributed by atoms with E-state index in [0.29, 0.717) is 16.9 Å². The van der Waals surface area contributed by atoms with E-state index in [1.54, 1.807) is 30.3 Å². The SMILES string of the molecule is O=C(C=Cc1cccc2ccccc12)Nc1ccccc1C(=O)Nc1ccccc1. The summed E-state index contributed by atoms with van der Waals surface area (Å²) in [5.74, 6) is -0.585. The van der Waals surface area contributed by atoms with E-state index >= 15 is 0 Å². The van der Waals surface area contributed by atoms with Crippen molar-refractivity contribution in [3.8, 4) is 0 Å². The van der Waals surface area contributed by atoms with E-state index < -0.39 is 0 Å². The van der Waals surface area contributed by atoms with Gasteiger partial charge in [-0.3, -0.25) is 9.59 Å². The van der Waals surface area contributed by atoms with Crippen molar-refractivity contribution in [2.24, 2.45) is 0 Å². The van der Waals surface area contributed by atoms with Gasteiger partial charge in [-0.1, -0.05) is 72.8 Å². The second kappa shape index (κ2) is 8.88. The number of anilines is 2. The van der Waals surface area contributed by atoms with Crippen LogP contribution in [0, 0.1) is 0 Å². The van der Waals surface area contributed by atoms with Crippen molar-refractivity contribution < 1.29 is 9.59 Å². The summed E-state index contributed by atoms with van der Waals surface area (Å²) in [5.41, 5.74) is 2.50. The Balaban J connectivity index is 1.51. The molecule has 0 atom stereocenters. The summed E-state index contributed by atoms with van der Waals surface area (Å²) in [5, 5.41) is 7.84. The Morgan fingerprint density at radius 2 is 1.37 bits per heavy atom. The van der Waals surface area contributed by atoms with Crippen LogP contribution in [0.2, 0.25) is 0 Å². The molecule has 0 bridgehead atoms. The number of hydrogen-bond donors (Lipinski definition) is 2. The fraction of sp³-hybridized carbons (Fsp3) is 0. The van der Waals surface area contributed by atoms with Crippen LogP contribution >= 0.6 is 0 Å². The lowest BCUT2D eigenvalue weighted by Gasteiger charge is -2.10. The number of rotatable bonds is 5. The van der Waals surface area contributed by atoms with E-state index in [4.69, 9.17) is 0 Å². The zero-order valence-corrected chi connectivity index (χ0v) is 16.2. The zero-order chi connectivity index (χ0) is 20.8. The molecule has 4 aromatic carbocycles. The molecule has 0 saturated heterocycles. The smallest absolute Gasteiger partial charge is 0.257 e. The lowest BCUT2D eigenvalue weighted by atomic mass is 10.0. The molecule has 0 saturated carbocycles. The third-order valence-corrected chi connectivity index (χ3v) is 4.70. The molecule has 0 aromatic heterocycles. The lowest BCUT2D eigenvalue weighted by molar-refractivity contribution is -0.111. The highest BCUT2D eigenvalue weighted by molar-refractivity contribution is 6.12. The molecule has 146 valence electrons. The molecular weight excluding hydrogens is 372 g/mol. The Labute approximate surface area is 174 Å². The van der Waals surface area contributed by atoms with Gasteiger partial charge in [0.2, 0.25) is 5.91 Å². The van der Waals surface area contributed by atoms with Crippen LogP contribution in [0.25, 0.3) is 16.8 Å². The van der Waals surface area contributed by atoms with Crippen molar-refractivity contribution in [2.45, 2.75) is 0 Å². The van der Waals surface area contributed by atoms with Crippen molar-refractivity contribution >= 4 is 40.0 Å².